The third-order valence-corrected chi connectivity index (χ3v) is 5.36. The molecule has 4 rings (SSSR count). The Morgan fingerprint density at radius 1 is 1.22 bits per heavy atom. The van der Waals surface area contributed by atoms with E-state index in [1.807, 2.05) is 24.0 Å². The Kier molecular flexibility index (Phi) is 4.88. The number of amides is 2. The maximum Gasteiger partial charge on any atom is 0.287 e. The Balaban J connectivity index is 1.28. The molecule has 6 heteroatoms. The summed E-state index contributed by atoms with van der Waals surface area (Å²) in [6.07, 6.45) is 4.37. The van der Waals surface area contributed by atoms with Gasteiger partial charge in [-0.15, -0.1) is 0 Å². The first-order valence-electron chi connectivity index (χ1n) is 9.47. The number of nitrogens with zero attached hydrogens (tertiary/aromatic N) is 1. The number of nitrogens with one attached hydrogen (secondary N) is 1. The number of benzene rings is 1. The van der Waals surface area contributed by atoms with Crippen molar-refractivity contribution in [3.63, 3.8) is 0 Å². The first-order valence-corrected chi connectivity index (χ1v) is 9.47. The summed E-state index contributed by atoms with van der Waals surface area (Å²) < 4.78 is 10.8. The van der Waals surface area contributed by atoms with Gasteiger partial charge < -0.3 is 19.4 Å². The van der Waals surface area contributed by atoms with Gasteiger partial charge in [0.1, 0.15) is 5.75 Å². The van der Waals surface area contributed by atoms with Gasteiger partial charge >= 0.3 is 0 Å². The van der Waals surface area contributed by atoms with Crippen LogP contribution in [-0.4, -0.2) is 42.5 Å². The Morgan fingerprint density at radius 2 is 2.04 bits per heavy atom. The highest BCUT2D eigenvalue weighted by molar-refractivity contribution is 5.93. The molecule has 0 atom stereocenters. The highest BCUT2D eigenvalue weighted by Crippen LogP contribution is 2.26. The molecule has 3 heterocycles. The molecule has 142 valence electrons. The quantitative estimate of drug-likeness (QED) is 0.900. The fraction of sp³-hybridized carbons (Fsp3) is 0.429. The predicted octanol–water partition coefficient (Wildman–Crippen LogP) is 2.49. The molecule has 2 aromatic rings. The lowest BCUT2D eigenvalue weighted by Gasteiger charge is -2.32. The van der Waals surface area contributed by atoms with Crippen LogP contribution in [0.3, 0.4) is 0 Å². The lowest BCUT2D eigenvalue weighted by atomic mass is 10.0. The fourth-order valence-corrected chi connectivity index (χ4v) is 3.77. The maximum absolute atomic E-state index is 12.6. The van der Waals surface area contributed by atoms with Gasteiger partial charge in [0, 0.05) is 31.1 Å². The second kappa shape index (κ2) is 7.47. The number of hydrogen-bond acceptors (Lipinski definition) is 4. The molecular formula is C21H24N2O4. The summed E-state index contributed by atoms with van der Waals surface area (Å²) in [5.41, 5.74) is 3.06. The molecule has 6 nitrogen and oxygen atoms in total. The first kappa shape index (κ1) is 17.6. The number of aryl methyl sites for hydroxylation is 1. The average molecular weight is 368 g/mol. The molecule has 0 radical (unpaired) electrons. The first-order chi connectivity index (χ1) is 13.1. The summed E-state index contributed by atoms with van der Waals surface area (Å²) in [4.78, 5) is 26.8. The highest BCUT2D eigenvalue weighted by Gasteiger charge is 2.25. The zero-order chi connectivity index (χ0) is 18.8. The van der Waals surface area contributed by atoms with Crippen molar-refractivity contribution in [2.24, 2.45) is 0 Å². The number of likely N-dealkylation sites (tertiary alicyclic amines) is 1. The van der Waals surface area contributed by atoms with Gasteiger partial charge in [0.15, 0.2) is 5.76 Å². The van der Waals surface area contributed by atoms with E-state index in [1.54, 1.807) is 6.07 Å². The Hall–Kier alpha value is -2.76. The van der Waals surface area contributed by atoms with E-state index in [9.17, 15) is 9.59 Å². The highest BCUT2D eigenvalue weighted by atomic mass is 16.5. The molecule has 0 bridgehead atoms. The summed E-state index contributed by atoms with van der Waals surface area (Å²) in [7, 11) is 0. The zero-order valence-corrected chi connectivity index (χ0v) is 15.5. The number of piperidine rings is 1. The Morgan fingerprint density at radius 3 is 2.78 bits per heavy atom. The molecule has 1 saturated heterocycles. The topological polar surface area (TPSA) is 71.8 Å². The van der Waals surface area contributed by atoms with Crippen LogP contribution < -0.4 is 10.1 Å². The molecule has 2 aliphatic rings. The summed E-state index contributed by atoms with van der Waals surface area (Å²) in [5.74, 6) is 1.27. The van der Waals surface area contributed by atoms with Gasteiger partial charge in [0.2, 0.25) is 5.91 Å². The van der Waals surface area contributed by atoms with Crippen molar-refractivity contribution in [3.8, 4) is 5.75 Å². The summed E-state index contributed by atoms with van der Waals surface area (Å²) in [5, 5.41) is 3.01. The summed E-state index contributed by atoms with van der Waals surface area (Å²) in [6.45, 7) is 3.90. The van der Waals surface area contributed by atoms with Crippen molar-refractivity contribution in [1.29, 1.82) is 0 Å². The average Bonchev–Trinajstić information content (AvgIpc) is 3.30. The third-order valence-electron chi connectivity index (χ3n) is 5.36. The lowest BCUT2D eigenvalue weighted by Crippen LogP contribution is -2.47. The number of hydrogen-bond donors (Lipinski definition) is 1. The van der Waals surface area contributed by atoms with Crippen molar-refractivity contribution < 1.29 is 18.7 Å². The summed E-state index contributed by atoms with van der Waals surface area (Å²) in [6, 6.07) is 7.87. The van der Waals surface area contributed by atoms with Crippen molar-refractivity contribution in [1.82, 2.24) is 10.2 Å². The number of rotatable bonds is 4. The van der Waals surface area contributed by atoms with Crippen LogP contribution in [0.1, 0.15) is 40.1 Å². The van der Waals surface area contributed by atoms with Gasteiger partial charge in [-0.1, -0.05) is 12.1 Å². The van der Waals surface area contributed by atoms with E-state index in [1.165, 1.54) is 11.8 Å². The van der Waals surface area contributed by atoms with Crippen LogP contribution in [0.25, 0.3) is 0 Å². The van der Waals surface area contributed by atoms with Crippen LogP contribution in [0.5, 0.6) is 5.75 Å². The molecule has 0 unspecified atom stereocenters. The van der Waals surface area contributed by atoms with Crippen molar-refractivity contribution in [2.75, 3.05) is 19.7 Å². The molecule has 1 aromatic heterocycles. The van der Waals surface area contributed by atoms with Crippen molar-refractivity contribution in [2.45, 2.75) is 38.6 Å². The zero-order valence-electron chi connectivity index (χ0n) is 15.5. The monoisotopic (exact) mass is 368 g/mol. The number of furan rings is 1. The number of ether oxygens (including phenoxy) is 1. The number of carbonyl (C=O) groups is 2. The molecule has 1 fully saturated rings. The standard InChI is InChI=1S/C21H24N2O4/c1-14-6-10-27-20(14)21(25)22-17-4-8-23(9-5-17)19(24)13-15-2-3-18-16(12-15)7-11-26-18/h2-3,6,10,12,17H,4-5,7-9,11,13H2,1H3,(H,22,25). The molecule has 0 saturated carbocycles. The van der Waals surface area contributed by atoms with Gasteiger partial charge in [-0.2, -0.15) is 0 Å². The van der Waals surface area contributed by atoms with Crippen LogP contribution in [0.15, 0.2) is 34.9 Å². The lowest BCUT2D eigenvalue weighted by molar-refractivity contribution is -0.131. The van der Waals surface area contributed by atoms with E-state index < -0.39 is 0 Å². The van der Waals surface area contributed by atoms with Gasteiger partial charge in [-0.3, -0.25) is 9.59 Å². The minimum absolute atomic E-state index is 0.0724. The second-order valence-corrected chi connectivity index (χ2v) is 7.28. The van der Waals surface area contributed by atoms with E-state index in [-0.39, 0.29) is 17.9 Å². The largest absolute Gasteiger partial charge is 0.493 e. The number of carbonyl (C=O) groups excluding carboxylic acids is 2. The molecule has 27 heavy (non-hydrogen) atoms. The Labute approximate surface area is 158 Å². The SMILES string of the molecule is Cc1ccoc1C(=O)NC1CCN(C(=O)Cc2ccc3c(c2)CCO3)CC1. The minimum Gasteiger partial charge on any atom is -0.493 e. The summed E-state index contributed by atoms with van der Waals surface area (Å²) >= 11 is 0. The predicted molar refractivity (Wildman–Crippen MR) is 99.9 cm³/mol. The normalized spacial score (nSPS) is 16.7. The van der Waals surface area contributed by atoms with E-state index in [4.69, 9.17) is 9.15 Å². The van der Waals surface area contributed by atoms with Gasteiger partial charge in [-0.05, 0) is 43.0 Å². The van der Waals surface area contributed by atoms with E-state index >= 15 is 0 Å². The number of fused-ring (bicyclic) bond motifs is 1. The third kappa shape index (κ3) is 3.84. The fourth-order valence-electron chi connectivity index (χ4n) is 3.77. The van der Waals surface area contributed by atoms with E-state index in [2.05, 4.69) is 11.4 Å². The van der Waals surface area contributed by atoms with E-state index in [0.29, 0.717) is 25.3 Å². The molecule has 2 amide bonds. The molecule has 0 spiro atoms. The van der Waals surface area contributed by atoms with Crippen LogP contribution in [-0.2, 0) is 17.6 Å². The van der Waals surface area contributed by atoms with Crippen LogP contribution in [0.2, 0.25) is 0 Å². The minimum atomic E-state index is -0.178. The van der Waals surface area contributed by atoms with Crippen LogP contribution >= 0.6 is 0 Å². The second-order valence-electron chi connectivity index (χ2n) is 7.28. The van der Waals surface area contributed by atoms with Crippen molar-refractivity contribution in [3.05, 3.63) is 53.0 Å². The van der Waals surface area contributed by atoms with Gasteiger partial charge in [0.25, 0.3) is 5.91 Å². The van der Waals surface area contributed by atoms with Crippen LogP contribution in [0, 0.1) is 6.92 Å². The Bertz CT molecular complexity index is 850. The van der Waals surface area contributed by atoms with Gasteiger partial charge in [-0.25, -0.2) is 0 Å². The molecule has 1 N–H and O–H groups in total. The smallest absolute Gasteiger partial charge is 0.287 e. The molecule has 2 aliphatic heterocycles. The van der Waals surface area contributed by atoms with E-state index in [0.717, 1.165) is 42.7 Å². The van der Waals surface area contributed by atoms with Gasteiger partial charge in [0.05, 0.1) is 19.3 Å². The van der Waals surface area contributed by atoms with Crippen molar-refractivity contribution >= 4 is 11.8 Å². The molecular weight excluding hydrogens is 344 g/mol. The molecule has 1 aromatic carbocycles. The van der Waals surface area contributed by atoms with Crippen LogP contribution in [0.4, 0.5) is 0 Å². The molecule has 0 aliphatic carbocycles. The maximum atomic E-state index is 12.6.